The number of amides is 1. The van der Waals surface area contributed by atoms with Crippen molar-refractivity contribution in [2.24, 2.45) is 5.73 Å². The van der Waals surface area contributed by atoms with E-state index in [0.717, 1.165) is 0 Å². The van der Waals surface area contributed by atoms with Crippen LogP contribution in [-0.2, 0) is 6.54 Å². The molecule has 3 aromatic rings. The first kappa shape index (κ1) is 20.0. The molecule has 1 aromatic heterocycles. The van der Waals surface area contributed by atoms with Gasteiger partial charge in [0.05, 0.1) is 17.9 Å². The highest BCUT2D eigenvalue weighted by Gasteiger charge is 2.19. The maximum Gasteiger partial charge on any atom is 0.268 e. The average Bonchev–Trinajstić information content (AvgIpc) is 3.01. The zero-order valence-corrected chi connectivity index (χ0v) is 16.3. The van der Waals surface area contributed by atoms with E-state index in [2.05, 4.69) is 10.9 Å². The number of hydrogen-bond donors (Lipinski definition) is 1. The van der Waals surface area contributed by atoms with Crippen LogP contribution in [0.25, 0.3) is 0 Å². The summed E-state index contributed by atoms with van der Waals surface area (Å²) in [5, 5.41) is 0.304. The molecule has 0 aliphatic rings. The standard InChI is InChI=1S/C19H11Cl3FN3O2/c1-2-10-5-12(20)7-13(6-10)28-17-14(21)4-3-11(15(17)23)8-26-9-25-18(22)16(26)19(24)27/h1,3-7,9H,8H2,(H2,24,27). The lowest BCUT2D eigenvalue weighted by molar-refractivity contribution is 0.0992. The van der Waals surface area contributed by atoms with Gasteiger partial charge in [-0.3, -0.25) is 4.79 Å². The molecule has 9 heteroatoms. The Hall–Kier alpha value is -2.72. The summed E-state index contributed by atoms with van der Waals surface area (Å²) in [4.78, 5) is 15.4. The summed E-state index contributed by atoms with van der Waals surface area (Å²) in [5.41, 5.74) is 5.90. The normalized spacial score (nSPS) is 10.5. The van der Waals surface area contributed by atoms with Gasteiger partial charge in [-0.2, -0.15) is 0 Å². The summed E-state index contributed by atoms with van der Waals surface area (Å²) in [6, 6.07) is 7.48. The summed E-state index contributed by atoms with van der Waals surface area (Å²) in [5.74, 6) is 0.931. The van der Waals surface area contributed by atoms with Crippen LogP contribution in [0.2, 0.25) is 15.2 Å². The van der Waals surface area contributed by atoms with Crippen molar-refractivity contribution in [1.82, 2.24) is 9.55 Å². The molecule has 3 rings (SSSR count). The van der Waals surface area contributed by atoms with Crippen molar-refractivity contribution >= 4 is 40.7 Å². The van der Waals surface area contributed by atoms with Crippen LogP contribution in [0.3, 0.4) is 0 Å². The van der Waals surface area contributed by atoms with Crippen LogP contribution in [-0.4, -0.2) is 15.5 Å². The van der Waals surface area contributed by atoms with E-state index in [1.807, 2.05) is 0 Å². The maximum atomic E-state index is 15.1. The highest BCUT2D eigenvalue weighted by Crippen LogP contribution is 2.35. The molecule has 1 heterocycles. The Bertz CT molecular complexity index is 1120. The Labute approximate surface area is 174 Å². The van der Waals surface area contributed by atoms with Gasteiger partial charge in [0.25, 0.3) is 5.91 Å². The van der Waals surface area contributed by atoms with Gasteiger partial charge < -0.3 is 15.0 Å². The number of nitrogens with two attached hydrogens (primary N) is 1. The third kappa shape index (κ3) is 4.07. The minimum atomic E-state index is -0.783. The first-order chi connectivity index (χ1) is 13.3. The molecule has 0 radical (unpaired) electrons. The highest BCUT2D eigenvalue weighted by molar-refractivity contribution is 6.32. The number of primary amides is 1. The number of imidazole rings is 1. The van der Waals surface area contributed by atoms with Crippen LogP contribution < -0.4 is 10.5 Å². The van der Waals surface area contributed by atoms with Gasteiger partial charge in [-0.1, -0.05) is 46.8 Å². The highest BCUT2D eigenvalue weighted by atomic mass is 35.5. The fraction of sp³-hybridized carbons (Fsp3) is 0.0526. The number of benzene rings is 2. The molecule has 28 heavy (non-hydrogen) atoms. The quantitative estimate of drug-likeness (QED) is 0.576. The summed E-state index contributed by atoms with van der Waals surface area (Å²) < 4.78 is 22.0. The minimum absolute atomic E-state index is 0.0352. The molecule has 2 aromatic carbocycles. The summed E-state index contributed by atoms with van der Waals surface area (Å²) in [7, 11) is 0. The first-order valence-corrected chi connectivity index (χ1v) is 8.86. The number of hydrogen-bond acceptors (Lipinski definition) is 3. The molecule has 0 saturated heterocycles. The molecule has 0 spiro atoms. The Morgan fingerprint density at radius 1 is 1.29 bits per heavy atom. The number of nitrogens with zero attached hydrogens (tertiary/aromatic N) is 2. The van der Waals surface area contributed by atoms with Crippen molar-refractivity contribution < 1.29 is 13.9 Å². The molecular formula is C19H11Cl3FN3O2. The molecule has 0 saturated carbocycles. The van der Waals surface area contributed by atoms with Crippen molar-refractivity contribution in [3.05, 3.63) is 74.5 Å². The van der Waals surface area contributed by atoms with Gasteiger partial charge in [-0.25, -0.2) is 9.37 Å². The minimum Gasteiger partial charge on any atom is -0.453 e. The molecule has 2 N–H and O–H groups in total. The van der Waals surface area contributed by atoms with Gasteiger partial charge in [-0.05, 0) is 24.3 Å². The fourth-order valence-electron chi connectivity index (χ4n) is 2.52. The van der Waals surface area contributed by atoms with E-state index in [1.54, 1.807) is 6.07 Å². The predicted molar refractivity (Wildman–Crippen MR) is 106 cm³/mol. The van der Waals surface area contributed by atoms with Gasteiger partial charge in [0.1, 0.15) is 11.4 Å². The average molecular weight is 439 g/mol. The SMILES string of the molecule is C#Cc1cc(Cl)cc(Oc2c(Cl)ccc(Cn3cnc(Cl)c3C(N)=O)c2F)c1. The van der Waals surface area contributed by atoms with Gasteiger partial charge in [0.15, 0.2) is 16.7 Å². The van der Waals surface area contributed by atoms with Crippen molar-refractivity contribution in [3.63, 3.8) is 0 Å². The van der Waals surface area contributed by atoms with Gasteiger partial charge in [0.2, 0.25) is 0 Å². The van der Waals surface area contributed by atoms with Crippen LogP contribution in [0.1, 0.15) is 21.6 Å². The molecule has 1 amide bonds. The lowest BCUT2D eigenvalue weighted by Crippen LogP contribution is -2.18. The summed E-state index contributed by atoms with van der Waals surface area (Å²) in [6.45, 7) is -0.0670. The van der Waals surface area contributed by atoms with Gasteiger partial charge >= 0.3 is 0 Å². The Morgan fingerprint density at radius 3 is 2.71 bits per heavy atom. The number of terminal acetylenes is 1. The predicted octanol–water partition coefficient (Wildman–Crippen LogP) is 4.90. The van der Waals surface area contributed by atoms with Gasteiger partial charge in [0, 0.05) is 16.1 Å². The monoisotopic (exact) mass is 437 g/mol. The summed E-state index contributed by atoms with van der Waals surface area (Å²) >= 11 is 17.9. The van der Waals surface area contributed by atoms with E-state index in [1.165, 1.54) is 35.2 Å². The van der Waals surface area contributed by atoms with E-state index in [-0.39, 0.29) is 39.5 Å². The third-order valence-corrected chi connectivity index (χ3v) is 4.55. The number of aromatic nitrogens is 2. The topological polar surface area (TPSA) is 70.1 Å². The van der Waals surface area contributed by atoms with Crippen LogP contribution in [0, 0.1) is 18.2 Å². The fourth-order valence-corrected chi connectivity index (χ4v) is 3.17. The van der Waals surface area contributed by atoms with E-state index in [0.29, 0.717) is 10.6 Å². The van der Waals surface area contributed by atoms with Crippen LogP contribution in [0.4, 0.5) is 4.39 Å². The molecule has 0 atom stereocenters. The number of carbonyl (C=O) groups excluding carboxylic acids is 1. The first-order valence-electron chi connectivity index (χ1n) is 7.72. The number of ether oxygens (including phenoxy) is 1. The van der Waals surface area contributed by atoms with E-state index in [9.17, 15) is 4.79 Å². The van der Waals surface area contributed by atoms with Gasteiger partial charge in [-0.15, -0.1) is 6.42 Å². The zero-order valence-electron chi connectivity index (χ0n) is 14.0. The van der Waals surface area contributed by atoms with Crippen molar-refractivity contribution in [2.45, 2.75) is 6.54 Å². The lowest BCUT2D eigenvalue weighted by atomic mass is 10.2. The number of halogens is 4. The van der Waals surface area contributed by atoms with Crippen LogP contribution >= 0.6 is 34.8 Å². The van der Waals surface area contributed by atoms with Crippen LogP contribution in [0.15, 0.2) is 36.7 Å². The Balaban J connectivity index is 1.98. The van der Waals surface area contributed by atoms with E-state index < -0.39 is 11.7 Å². The zero-order chi connectivity index (χ0) is 20.4. The molecule has 0 aliphatic carbocycles. The molecule has 0 fully saturated rings. The number of carbonyl (C=O) groups is 1. The van der Waals surface area contributed by atoms with Crippen LogP contribution in [0.5, 0.6) is 11.5 Å². The molecule has 0 aliphatic heterocycles. The molecule has 0 unspecified atom stereocenters. The second-order valence-electron chi connectivity index (χ2n) is 5.65. The lowest BCUT2D eigenvalue weighted by Gasteiger charge is -2.13. The largest absolute Gasteiger partial charge is 0.453 e. The smallest absolute Gasteiger partial charge is 0.268 e. The molecule has 5 nitrogen and oxygen atoms in total. The third-order valence-electron chi connectivity index (χ3n) is 3.75. The van der Waals surface area contributed by atoms with E-state index in [4.69, 9.17) is 51.7 Å². The van der Waals surface area contributed by atoms with Crippen molar-refractivity contribution in [3.8, 4) is 23.8 Å². The Kier molecular flexibility index (Phi) is 5.80. The second kappa shape index (κ2) is 8.11. The van der Waals surface area contributed by atoms with Crippen molar-refractivity contribution in [2.75, 3.05) is 0 Å². The summed E-state index contributed by atoms with van der Waals surface area (Å²) in [6.07, 6.45) is 6.65. The van der Waals surface area contributed by atoms with Crippen molar-refractivity contribution in [1.29, 1.82) is 0 Å². The molecule has 142 valence electrons. The maximum absolute atomic E-state index is 15.1. The number of rotatable bonds is 5. The Morgan fingerprint density at radius 2 is 2.04 bits per heavy atom. The second-order valence-corrected chi connectivity index (χ2v) is 6.85. The molecule has 0 bridgehead atoms. The molecular weight excluding hydrogens is 428 g/mol. The van der Waals surface area contributed by atoms with E-state index >= 15 is 4.39 Å².